The van der Waals surface area contributed by atoms with Gasteiger partial charge in [-0.2, -0.15) is 0 Å². The summed E-state index contributed by atoms with van der Waals surface area (Å²) in [4.78, 5) is 0. The minimum Gasteiger partial charge on any atom is -0.748 e. The van der Waals surface area contributed by atoms with Crippen LogP contribution in [0, 0.1) is 0 Å². The van der Waals surface area contributed by atoms with Gasteiger partial charge in [-0.15, -0.1) is 0 Å². The average Bonchev–Trinajstić information content (AvgIpc) is 2.43. The fraction of sp³-hybridized carbons (Fsp3) is 0.667. The molecule has 1 heterocycles. The quantitative estimate of drug-likeness (QED) is 0.421. The second-order valence-corrected chi connectivity index (χ2v) is 6.26. The van der Waals surface area contributed by atoms with Crippen molar-refractivity contribution < 1.29 is 17.5 Å². The first kappa shape index (κ1) is 19.1. The lowest BCUT2D eigenvalue weighted by atomic mass is 10.1. The van der Waals surface area contributed by atoms with Crippen molar-refractivity contribution in [3.8, 4) is 0 Å². The second-order valence-electron chi connectivity index (χ2n) is 4.74. The molecule has 4 nitrogen and oxygen atoms in total. The molecule has 0 unspecified atom stereocenters. The van der Waals surface area contributed by atoms with Crippen LogP contribution in [0.25, 0.3) is 0 Å². The molecule has 0 fully saturated rings. The standard InChI is InChI=1S/C8H18O3S.C7H10N/c1-2-3-4-5-6-7-8-12(9,10)11;1-2-8-6-4-3-5-7-8/h2-8H2,1H3,(H,9,10,11);3-7H,2H2,1H3/q;+1/p-1. The smallest absolute Gasteiger partial charge is 0.168 e. The predicted molar refractivity (Wildman–Crippen MR) is 80.3 cm³/mol. The molecule has 5 heteroatoms. The Morgan fingerprint density at radius 3 is 1.90 bits per heavy atom. The number of hydrogen-bond acceptors (Lipinski definition) is 3. The van der Waals surface area contributed by atoms with Crippen LogP contribution in [0.5, 0.6) is 0 Å². The lowest BCUT2D eigenvalue weighted by molar-refractivity contribution is -0.693. The summed E-state index contributed by atoms with van der Waals surface area (Å²) in [6, 6.07) is 6.08. The van der Waals surface area contributed by atoms with Crippen molar-refractivity contribution >= 4 is 10.1 Å². The number of pyridine rings is 1. The summed E-state index contributed by atoms with van der Waals surface area (Å²) in [5.74, 6) is -0.195. The van der Waals surface area contributed by atoms with E-state index in [-0.39, 0.29) is 5.75 Å². The van der Waals surface area contributed by atoms with E-state index in [2.05, 4.69) is 30.8 Å². The maximum absolute atomic E-state index is 10.2. The monoisotopic (exact) mass is 301 g/mol. The van der Waals surface area contributed by atoms with Gasteiger partial charge in [-0.1, -0.05) is 45.1 Å². The van der Waals surface area contributed by atoms with Crippen molar-refractivity contribution in [2.24, 2.45) is 0 Å². The van der Waals surface area contributed by atoms with Gasteiger partial charge in [-0.25, -0.2) is 13.0 Å². The highest BCUT2D eigenvalue weighted by Crippen LogP contribution is 2.05. The normalized spacial score (nSPS) is 10.8. The van der Waals surface area contributed by atoms with E-state index in [0.717, 1.165) is 25.8 Å². The van der Waals surface area contributed by atoms with Gasteiger partial charge in [0.05, 0.1) is 10.1 Å². The third kappa shape index (κ3) is 13.5. The third-order valence-corrected chi connectivity index (χ3v) is 3.68. The highest BCUT2D eigenvalue weighted by Gasteiger charge is 1.94. The van der Waals surface area contributed by atoms with Gasteiger partial charge >= 0.3 is 0 Å². The molecule has 0 N–H and O–H groups in total. The number of aryl methyl sites for hydroxylation is 1. The summed E-state index contributed by atoms with van der Waals surface area (Å²) >= 11 is 0. The number of unbranched alkanes of at least 4 members (excludes halogenated alkanes) is 5. The molecule has 20 heavy (non-hydrogen) atoms. The lowest BCUT2D eigenvalue weighted by Crippen LogP contribution is -2.30. The van der Waals surface area contributed by atoms with Gasteiger partial charge in [-0.3, -0.25) is 0 Å². The molecule has 0 aliphatic heterocycles. The van der Waals surface area contributed by atoms with Crippen molar-refractivity contribution in [3.05, 3.63) is 30.6 Å². The van der Waals surface area contributed by atoms with Crippen molar-refractivity contribution in [2.45, 2.75) is 58.9 Å². The number of hydrogen-bond donors (Lipinski definition) is 0. The predicted octanol–water partition coefficient (Wildman–Crippen LogP) is 2.89. The Bertz CT molecular complexity index is 418. The molecule has 116 valence electrons. The minimum absolute atomic E-state index is 0.195. The average molecular weight is 301 g/mol. The number of nitrogens with zero attached hydrogens (tertiary/aromatic N) is 1. The maximum Gasteiger partial charge on any atom is 0.168 e. The van der Waals surface area contributed by atoms with E-state index in [0.29, 0.717) is 6.42 Å². The molecule has 0 aliphatic carbocycles. The van der Waals surface area contributed by atoms with E-state index in [1.54, 1.807) is 0 Å². The second kappa shape index (κ2) is 11.9. The van der Waals surface area contributed by atoms with Gasteiger partial charge in [-0.05, 0) is 13.3 Å². The summed E-state index contributed by atoms with van der Waals surface area (Å²) in [5.41, 5.74) is 0. The highest BCUT2D eigenvalue weighted by molar-refractivity contribution is 7.85. The topological polar surface area (TPSA) is 61.1 Å². The van der Waals surface area contributed by atoms with Crippen LogP contribution < -0.4 is 4.57 Å². The van der Waals surface area contributed by atoms with Crippen molar-refractivity contribution in [3.63, 3.8) is 0 Å². The summed E-state index contributed by atoms with van der Waals surface area (Å²) in [6.45, 7) is 5.31. The van der Waals surface area contributed by atoms with Crippen LogP contribution in [0.2, 0.25) is 0 Å². The van der Waals surface area contributed by atoms with Crippen LogP contribution in [-0.2, 0) is 16.7 Å². The zero-order valence-electron chi connectivity index (χ0n) is 12.6. The highest BCUT2D eigenvalue weighted by atomic mass is 32.2. The van der Waals surface area contributed by atoms with E-state index in [4.69, 9.17) is 0 Å². The molecule has 0 aliphatic rings. The fourth-order valence-electron chi connectivity index (χ4n) is 1.70. The first-order chi connectivity index (χ1) is 9.49. The Hall–Kier alpha value is -0.940. The summed E-state index contributed by atoms with van der Waals surface area (Å²) < 4.78 is 32.6. The molecule has 0 radical (unpaired) electrons. The fourth-order valence-corrected chi connectivity index (χ4v) is 2.26. The third-order valence-electron chi connectivity index (χ3n) is 2.89. The zero-order valence-corrected chi connectivity index (χ0v) is 13.4. The van der Waals surface area contributed by atoms with Gasteiger partial charge in [0.1, 0.15) is 6.54 Å². The van der Waals surface area contributed by atoms with E-state index < -0.39 is 10.1 Å². The van der Waals surface area contributed by atoms with Gasteiger partial charge in [0.15, 0.2) is 12.4 Å². The molecule has 1 aromatic rings. The van der Waals surface area contributed by atoms with Crippen LogP contribution in [0.3, 0.4) is 0 Å². The summed E-state index contributed by atoms with van der Waals surface area (Å²) in [5, 5.41) is 0. The Balaban J connectivity index is 0.000000388. The van der Waals surface area contributed by atoms with Crippen molar-refractivity contribution in [1.29, 1.82) is 0 Å². The van der Waals surface area contributed by atoms with Crippen LogP contribution in [0.4, 0.5) is 0 Å². The molecule has 0 saturated heterocycles. The van der Waals surface area contributed by atoms with Crippen LogP contribution >= 0.6 is 0 Å². The van der Waals surface area contributed by atoms with E-state index in [9.17, 15) is 13.0 Å². The molecule has 0 atom stereocenters. The van der Waals surface area contributed by atoms with Crippen LogP contribution in [-0.4, -0.2) is 18.7 Å². The lowest BCUT2D eigenvalue weighted by Gasteiger charge is -2.05. The number of rotatable bonds is 8. The molecule has 0 spiro atoms. The van der Waals surface area contributed by atoms with Crippen molar-refractivity contribution in [2.75, 3.05) is 5.75 Å². The molecular formula is C15H27NO3S. The molecule has 0 amide bonds. The van der Waals surface area contributed by atoms with Crippen LogP contribution in [0.1, 0.15) is 52.4 Å². The van der Waals surface area contributed by atoms with E-state index >= 15 is 0 Å². The van der Waals surface area contributed by atoms with E-state index in [1.165, 1.54) is 12.8 Å². The van der Waals surface area contributed by atoms with Gasteiger partial charge in [0.2, 0.25) is 0 Å². The SMILES string of the molecule is CCCCCCCCS(=O)(=O)[O-].CC[n+]1ccccc1. The van der Waals surface area contributed by atoms with Gasteiger partial charge in [0, 0.05) is 17.9 Å². The summed E-state index contributed by atoms with van der Waals surface area (Å²) in [7, 11) is -3.97. The molecule has 0 aromatic carbocycles. The minimum atomic E-state index is -3.97. The first-order valence-corrected chi connectivity index (χ1v) is 8.95. The Morgan fingerprint density at radius 2 is 1.45 bits per heavy atom. The zero-order chi connectivity index (χ0) is 15.3. The molecule has 0 bridgehead atoms. The van der Waals surface area contributed by atoms with Crippen LogP contribution in [0.15, 0.2) is 30.6 Å². The summed E-state index contributed by atoms with van der Waals surface area (Å²) in [6.07, 6.45) is 10.1. The maximum atomic E-state index is 10.2. The molecule has 1 aromatic heterocycles. The van der Waals surface area contributed by atoms with Gasteiger partial charge in [0.25, 0.3) is 0 Å². The molecular weight excluding hydrogens is 274 g/mol. The van der Waals surface area contributed by atoms with E-state index in [1.807, 2.05) is 18.2 Å². The Kier molecular flexibility index (Phi) is 11.3. The van der Waals surface area contributed by atoms with Gasteiger partial charge < -0.3 is 4.55 Å². The van der Waals surface area contributed by atoms with Crippen molar-refractivity contribution in [1.82, 2.24) is 0 Å². The molecule has 0 saturated carbocycles. The first-order valence-electron chi connectivity index (χ1n) is 7.37. The largest absolute Gasteiger partial charge is 0.748 e. The Labute approximate surface area is 123 Å². The molecule has 1 rings (SSSR count). The number of aromatic nitrogens is 1. The Morgan fingerprint density at radius 1 is 0.900 bits per heavy atom.